The van der Waals surface area contributed by atoms with Gasteiger partial charge in [-0.05, 0) is 74.9 Å². The first kappa shape index (κ1) is 23.9. The lowest BCUT2D eigenvalue weighted by molar-refractivity contribution is 0.229. The number of hydrogen-bond donors (Lipinski definition) is 0. The largest absolute Gasteiger partial charge is 0.295 e. The van der Waals surface area contributed by atoms with Crippen molar-refractivity contribution in [2.24, 2.45) is 0 Å². The molecule has 0 unspecified atom stereocenters. The summed E-state index contributed by atoms with van der Waals surface area (Å²) in [6.45, 7) is 9.16. The Hall–Kier alpha value is -3.14. The minimum Gasteiger partial charge on any atom is -0.295 e. The number of hydrogen-bond acceptors (Lipinski definition) is 8. The smallest absolute Gasteiger partial charge is 0.138 e. The highest BCUT2D eigenvalue weighted by Gasteiger charge is 2.33. The van der Waals surface area contributed by atoms with Gasteiger partial charge in [0, 0.05) is 54.2 Å². The van der Waals surface area contributed by atoms with Crippen LogP contribution in [-0.2, 0) is 19.4 Å². The van der Waals surface area contributed by atoms with Crippen LogP contribution >= 0.6 is 22.7 Å². The van der Waals surface area contributed by atoms with Crippen LogP contribution in [0, 0.1) is 13.8 Å². The molecule has 1 fully saturated rings. The second kappa shape index (κ2) is 9.87. The molecule has 0 aromatic carbocycles. The fourth-order valence-electron chi connectivity index (χ4n) is 5.82. The summed E-state index contributed by atoms with van der Waals surface area (Å²) in [7, 11) is 0. The Morgan fingerprint density at radius 3 is 2.50 bits per heavy atom. The Morgan fingerprint density at radius 1 is 0.895 bits per heavy atom. The van der Waals surface area contributed by atoms with Crippen molar-refractivity contribution in [3.8, 4) is 32.5 Å². The van der Waals surface area contributed by atoms with E-state index in [2.05, 4.69) is 57.8 Å². The number of aromatic nitrogens is 5. The van der Waals surface area contributed by atoms with E-state index in [9.17, 15) is 0 Å². The third kappa shape index (κ3) is 4.22. The van der Waals surface area contributed by atoms with Crippen LogP contribution in [0.2, 0.25) is 0 Å². The summed E-state index contributed by atoms with van der Waals surface area (Å²) >= 11 is 3.65. The minimum atomic E-state index is 0.944. The molecule has 7 nitrogen and oxygen atoms in total. The summed E-state index contributed by atoms with van der Waals surface area (Å²) in [6, 6.07) is 10.6. The molecule has 0 spiro atoms. The Balaban J connectivity index is 1.12. The second-order valence-electron chi connectivity index (χ2n) is 10.3. The van der Waals surface area contributed by atoms with E-state index in [-0.39, 0.29) is 0 Å². The number of piperazine rings is 1. The number of nitrogens with zero attached hydrogens (tertiary/aromatic N) is 7. The molecule has 9 heteroatoms. The maximum Gasteiger partial charge on any atom is 0.138 e. The number of fused-ring (bicyclic) bond motifs is 3. The molecule has 0 atom stereocenters. The molecule has 0 N–H and O–H groups in total. The number of rotatable bonds is 5. The topological polar surface area (TPSA) is 63.0 Å². The predicted molar refractivity (Wildman–Crippen MR) is 155 cm³/mol. The zero-order chi connectivity index (χ0) is 25.6. The van der Waals surface area contributed by atoms with E-state index in [1.165, 1.54) is 49.9 Å². The summed E-state index contributed by atoms with van der Waals surface area (Å²) in [5.74, 6) is 0. The molecule has 4 aliphatic rings. The normalized spacial score (nSPS) is 16.3. The van der Waals surface area contributed by atoms with Crippen LogP contribution in [0.15, 0.2) is 42.9 Å². The van der Waals surface area contributed by atoms with Gasteiger partial charge in [-0.1, -0.05) is 6.07 Å². The van der Waals surface area contributed by atoms with Gasteiger partial charge in [0.25, 0.3) is 0 Å². The first-order chi connectivity index (χ1) is 18.7. The number of thiophene rings is 1. The Labute approximate surface area is 231 Å². The summed E-state index contributed by atoms with van der Waals surface area (Å²) in [5.41, 5.74) is 8.60. The Kier molecular flexibility index (Phi) is 6.22. The Morgan fingerprint density at radius 2 is 1.74 bits per heavy atom. The molecule has 0 radical (unpaired) electrons. The van der Waals surface area contributed by atoms with Crippen LogP contribution in [0.25, 0.3) is 32.5 Å². The fourth-order valence-corrected chi connectivity index (χ4v) is 7.83. The van der Waals surface area contributed by atoms with Crippen LogP contribution in [-0.4, -0.2) is 55.9 Å². The minimum absolute atomic E-state index is 0.944. The standard InChI is InChI=1S/C29H31N7S2/c1-19-20(2)37-29(33-19)26-22-7-3-4-8-23(22)28-27(26)31-18-32-36(28)35-15-13-34(14-16-35)17-21-10-11-25(38-21)24-9-5-6-12-30-24/h5-6,9-12,18H,3-4,7-8,13-17H2,1-2H3. The van der Waals surface area contributed by atoms with E-state index in [1.807, 2.05) is 23.6 Å². The van der Waals surface area contributed by atoms with E-state index in [4.69, 9.17) is 15.1 Å². The third-order valence-electron chi connectivity index (χ3n) is 7.88. The van der Waals surface area contributed by atoms with Crippen molar-refractivity contribution < 1.29 is 0 Å². The van der Waals surface area contributed by atoms with E-state index in [0.29, 0.717) is 0 Å². The zero-order valence-electron chi connectivity index (χ0n) is 21.9. The first-order valence-electron chi connectivity index (χ1n) is 13.5. The van der Waals surface area contributed by atoms with Crippen molar-refractivity contribution in [3.63, 3.8) is 0 Å². The van der Waals surface area contributed by atoms with Gasteiger partial charge in [-0.3, -0.25) is 14.9 Å². The molecular formula is C29H31N7S2. The molecule has 0 bridgehead atoms. The van der Waals surface area contributed by atoms with Crippen LogP contribution in [0.3, 0.4) is 0 Å². The second-order valence-corrected chi connectivity index (χ2v) is 12.6. The van der Waals surface area contributed by atoms with Gasteiger partial charge in [0.15, 0.2) is 0 Å². The molecule has 38 heavy (non-hydrogen) atoms. The van der Waals surface area contributed by atoms with Gasteiger partial charge in [0.1, 0.15) is 22.7 Å². The molecule has 3 aromatic rings. The van der Waals surface area contributed by atoms with Crippen molar-refractivity contribution in [2.75, 3.05) is 31.2 Å². The molecule has 7 rings (SSSR count). The summed E-state index contributed by atoms with van der Waals surface area (Å²) in [6.07, 6.45) is 8.26. The van der Waals surface area contributed by atoms with Gasteiger partial charge in [0.05, 0.1) is 16.3 Å². The van der Waals surface area contributed by atoms with Crippen LogP contribution in [0.4, 0.5) is 0 Å². The van der Waals surface area contributed by atoms with Gasteiger partial charge in [-0.2, -0.15) is 4.79 Å². The SMILES string of the molecule is Cc1nc(-c2c3ncnn(N4CCN(Cc5ccc(-c6ccccn6)s5)CC4)c-3c3c2CCCC3)sc1C. The Bertz CT molecular complexity index is 1520. The monoisotopic (exact) mass is 541 g/mol. The highest BCUT2D eigenvalue weighted by Crippen LogP contribution is 2.46. The molecular weight excluding hydrogens is 511 g/mol. The molecule has 5 heterocycles. The van der Waals surface area contributed by atoms with Crippen molar-refractivity contribution in [2.45, 2.75) is 46.1 Å². The lowest BCUT2D eigenvalue weighted by Gasteiger charge is -2.37. The number of thiazole rings is 1. The maximum absolute atomic E-state index is 4.95. The third-order valence-corrected chi connectivity index (χ3v) is 10.1. The summed E-state index contributed by atoms with van der Waals surface area (Å²) < 4.78 is 0. The summed E-state index contributed by atoms with van der Waals surface area (Å²) in [4.78, 5) is 22.9. The van der Waals surface area contributed by atoms with Gasteiger partial charge in [-0.25, -0.2) is 9.97 Å². The number of pyridine rings is 1. The lowest BCUT2D eigenvalue weighted by Crippen LogP contribution is -2.51. The van der Waals surface area contributed by atoms with Crippen LogP contribution in [0.5, 0.6) is 0 Å². The number of aryl methyl sites for hydroxylation is 2. The average molecular weight is 542 g/mol. The molecule has 3 aromatic heterocycles. The molecule has 0 amide bonds. The van der Waals surface area contributed by atoms with Crippen LogP contribution in [0.1, 0.15) is 39.4 Å². The van der Waals surface area contributed by atoms with Crippen LogP contribution < -0.4 is 5.01 Å². The molecule has 0 saturated carbocycles. The van der Waals surface area contributed by atoms with Gasteiger partial charge < -0.3 is 0 Å². The van der Waals surface area contributed by atoms with E-state index in [1.54, 1.807) is 17.7 Å². The highest BCUT2D eigenvalue weighted by molar-refractivity contribution is 7.15. The zero-order valence-corrected chi connectivity index (χ0v) is 23.5. The van der Waals surface area contributed by atoms with Crippen molar-refractivity contribution in [3.05, 3.63) is 69.4 Å². The molecule has 194 valence electrons. The average Bonchev–Trinajstić information content (AvgIpc) is 3.65. The van der Waals surface area contributed by atoms with Gasteiger partial charge in [-0.15, -0.1) is 27.8 Å². The molecule has 2 aliphatic carbocycles. The highest BCUT2D eigenvalue weighted by atomic mass is 32.1. The molecule has 2 aliphatic heterocycles. The quantitative estimate of drug-likeness (QED) is 0.290. The summed E-state index contributed by atoms with van der Waals surface area (Å²) in [5, 5.41) is 8.33. The van der Waals surface area contributed by atoms with Gasteiger partial charge in [0.2, 0.25) is 0 Å². The first-order valence-corrected chi connectivity index (χ1v) is 15.1. The van der Waals surface area contributed by atoms with E-state index >= 15 is 0 Å². The lowest BCUT2D eigenvalue weighted by atomic mass is 9.93. The van der Waals surface area contributed by atoms with Crippen molar-refractivity contribution in [1.82, 2.24) is 29.7 Å². The van der Waals surface area contributed by atoms with Crippen molar-refractivity contribution in [1.29, 1.82) is 0 Å². The van der Waals surface area contributed by atoms with Gasteiger partial charge >= 0.3 is 0 Å². The maximum atomic E-state index is 4.95. The van der Waals surface area contributed by atoms with E-state index in [0.717, 1.165) is 67.7 Å². The van der Waals surface area contributed by atoms with Crippen molar-refractivity contribution >= 4 is 22.7 Å². The predicted octanol–water partition coefficient (Wildman–Crippen LogP) is 5.58. The molecule has 1 saturated heterocycles. The van der Waals surface area contributed by atoms with E-state index < -0.39 is 0 Å². The fraction of sp³-hybridized carbons (Fsp3) is 0.379.